The predicted molar refractivity (Wildman–Crippen MR) is 87.0 cm³/mol. The number of rotatable bonds is 6. The van der Waals surface area contributed by atoms with Gasteiger partial charge >= 0.3 is 0 Å². The van der Waals surface area contributed by atoms with Gasteiger partial charge in [-0.25, -0.2) is 0 Å². The average molecular weight is 281 g/mol. The number of hydrogen-bond acceptors (Lipinski definition) is 2. The number of nitrogens with zero attached hydrogens (tertiary/aromatic N) is 1. The maximum Gasteiger partial charge on any atom is 0.127 e. The molecular weight excluding hydrogens is 258 g/mol. The molecule has 0 bridgehead atoms. The summed E-state index contributed by atoms with van der Waals surface area (Å²) in [6.45, 7) is 3.40. The normalized spacial score (nSPS) is 16.0. The highest BCUT2D eigenvalue weighted by Crippen LogP contribution is 2.29. The van der Waals surface area contributed by atoms with E-state index in [0.717, 1.165) is 24.1 Å². The fourth-order valence-corrected chi connectivity index (χ4v) is 2.71. The number of likely N-dealkylation sites (N-methyl/N-ethyl adjacent to an activating group) is 1. The Morgan fingerprint density at radius 1 is 1.05 bits per heavy atom. The third-order valence-corrected chi connectivity index (χ3v) is 4.14. The zero-order chi connectivity index (χ0) is 14.7. The molecule has 1 saturated carbocycles. The van der Waals surface area contributed by atoms with Crippen molar-refractivity contribution in [3.05, 3.63) is 60.2 Å². The minimum absolute atomic E-state index is 0.523. The highest BCUT2D eigenvalue weighted by atomic mass is 16.5. The molecule has 2 nitrogen and oxygen atoms in total. The Bertz CT molecular complexity index is 577. The lowest BCUT2D eigenvalue weighted by atomic mass is 10.0. The molecule has 1 aliphatic carbocycles. The van der Waals surface area contributed by atoms with Gasteiger partial charge in [-0.1, -0.05) is 37.3 Å². The quantitative estimate of drug-likeness (QED) is 0.762. The minimum atomic E-state index is 0.523. The molecule has 3 rings (SSSR count). The Morgan fingerprint density at radius 3 is 2.48 bits per heavy atom. The van der Waals surface area contributed by atoms with Gasteiger partial charge in [0.05, 0.1) is 0 Å². The molecule has 0 radical (unpaired) electrons. The Labute approximate surface area is 127 Å². The summed E-state index contributed by atoms with van der Waals surface area (Å²) in [6.07, 6.45) is 2.72. The van der Waals surface area contributed by atoms with Crippen LogP contribution in [0.1, 0.15) is 31.2 Å². The standard InChI is InChI=1S/C19H23NO/c1-15(14-20(2)17-11-12-17)16-7-6-10-19(13-16)21-18-8-4-3-5-9-18/h3-10,13,15,17H,11-12,14H2,1-2H3. The van der Waals surface area contributed by atoms with E-state index in [2.05, 4.69) is 37.1 Å². The molecule has 0 amide bonds. The molecule has 110 valence electrons. The SMILES string of the molecule is CC(CN(C)C1CC1)c1cccc(Oc2ccccc2)c1. The number of benzene rings is 2. The van der Waals surface area contributed by atoms with Crippen molar-refractivity contribution in [1.82, 2.24) is 4.90 Å². The van der Waals surface area contributed by atoms with E-state index in [0.29, 0.717) is 5.92 Å². The van der Waals surface area contributed by atoms with Crippen molar-refractivity contribution in [2.45, 2.75) is 31.7 Å². The van der Waals surface area contributed by atoms with E-state index >= 15 is 0 Å². The Balaban J connectivity index is 1.67. The first kappa shape index (κ1) is 14.2. The molecule has 1 atom stereocenters. The summed E-state index contributed by atoms with van der Waals surface area (Å²) < 4.78 is 5.92. The summed E-state index contributed by atoms with van der Waals surface area (Å²) in [6, 6.07) is 19.2. The lowest BCUT2D eigenvalue weighted by Crippen LogP contribution is -2.25. The highest BCUT2D eigenvalue weighted by molar-refractivity contribution is 5.35. The van der Waals surface area contributed by atoms with E-state index in [-0.39, 0.29) is 0 Å². The van der Waals surface area contributed by atoms with Gasteiger partial charge < -0.3 is 9.64 Å². The Morgan fingerprint density at radius 2 is 1.76 bits per heavy atom. The molecule has 1 fully saturated rings. The largest absolute Gasteiger partial charge is 0.457 e. The molecule has 2 aromatic rings. The molecule has 1 unspecified atom stereocenters. The summed E-state index contributed by atoms with van der Waals surface area (Å²) in [7, 11) is 2.23. The fourth-order valence-electron chi connectivity index (χ4n) is 2.71. The van der Waals surface area contributed by atoms with E-state index < -0.39 is 0 Å². The molecule has 0 aromatic heterocycles. The topological polar surface area (TPSA) is 12.5 Å². The lowest BCUT2D eigenvalue weighted by Gasteiger charge is -2.21. The van der Waals surface area contributed by atoms with E-state index in [1.807, 2.05) is 36.4 Å². The van der Waals surface area contributed by atoms with Crippen LogP contribution in [0.4, 0.5) is 0 Å². The second kappa shape index (κ2) is 6.31. The maximum atomic E-state index is 5.92. The van der Waals surface area contributed by atoms with E-state index in [9.17, 15) is 0 Å². The van der Waals surface area contributed by atoms with Gasteiger partial charge in [-0.05, 0) is 55.6 Å². The molecule has 0 saturated heterocycles. The zero-order valence-corrected chi connectivity index (χ0v) is 12.8. The van der Waals surface area contributed by atoms with Gasteiger partial charge in [-0.15, -0.1) is 0 Å². The molecule has 2 aromatic carbocycles. The number of ether oxygens (including phenoxy) is 1. The number of para-hydroxylation sites is 1. The molecule has 0 aliphatic heterocycles. The maximum absolute atomic E-state index is 5.92. The molecule has 0 heterocycles. The van der Waals surface area contributed by atoms with Crippen molar-refractivity contribution in [1.29, 1.82) is 0 Å². The molecular formula is C19H23NO. The van der Waals surface area contributed by atoms with Crippen LogP contribution in [-0.4, -0.2) is 24.5 Å². The van der Waals surface area contributed by atoms with Crippen LogP contribution in [0.5, 0.6) is 11.5 Å². The van der Waals surface area contributed by atoms with Gasteiger partial charge in [0, 0.05) is 12.6 Å². The van der Waals surface area contributed by atoms with Crippen molar-refractivity contribution >= 4 is 0 Å². The van der Waals surface area contributed by atoms with E-state index in [1.165, 1.54) is 18.4 Å². The van der Waals surface area contributed by atoms with Gasteiger partial charge in [-0.2, -0.15) is 0 Å². The van der Waals surface area contributed by atoms with Gasteiger partial charge in [0.2, 0.25) is 0 Å². The van der Waals surface area contributed by atoms with Crippen LogP contribution in [-0.2, 0) is 0 Å². The summed E-state index contributed by atoms with van der Waals surface area (Å²) in [5.74, 6) is 2.33. The lowest BCUT2D eigenvalue weighted by molar-refractivity contribution is 0.307. The first-order chi connectivity index (χ1) is 10.2. The Kier molecular flexibility index (Phi) is 4.26. The van der Waals surface area contributed by atoms with Crippen molar-refractivity contribution < 1.29 is 4.74 Å². The number of hydrogen-bond donors (Lipinski definition) is 0. The van der Waals surface area contributed by atoms with Crippen LogP contribution in [0.2, 0.25) is 0 Å². The molecule has 21 heavy (non-hydrogen) atoms. The van der Waals surface area contributed by atoms with Crippen LogP contribution < -0.4 is 4.74 Å². The van der Waals surface area contributed by atoms with Crippen LogP contribution in [0, 0.1) is 0 Å². The fraction of sp³-hybridized carbons (Fsp3) is 0.368. The third-order valence-electron chi connectivity index (χ3n) is 4.14. The summed E-state index contributed by atoms with van der Waals surface area (Å²) in [5.41, 5.74) is 1.34. The van der Waals surface area contributed by atoms with Crippen molar-refractivity contribution in [3.8, 4) is 11.5 Å². The highest BCUT2D eigenvalue weighted by Gasteiger charge is 2.27. The molecule has 1 aliphatic rings. The van der Waals surface area contributed by atoms with Crippen molar-refractivity contribution in [2.24, 2.45) is 0 Å². The average Bonchev–Trinajstić information content (AvgIpc) is 3.33. The molecule has 0 N–H and O–H groups in total. The molecule has 0 spiro atoms. The first-order valence-corrected chi connectivity index (χ1v) is 7.75. The van der Waals surface area contributed by atoms with E-state index in [1.54, 1.807) is 0 Å². The van der Waals surface area contributed by atoms with Crippen LogP contribution in [0.25, 0.3) is 0 Å². The Hall–Kier alpha value is -1.80. The van der Waals surface area contributed by atoms with Crippen LogP contribution in [0.3, 0.4) is 0 Å². The van der Waals surface area contributed by atoms with Gasteiger partial charge in [0.15, 0.2) is 0 Å². The summed E-state index contributed by atoms with van der Waals surface area (Å²) >= 11 is 0. The zero-order valence-electron chi connectivity index (χ0n) is 12.8. The first-order valence-electron chi connectivity index (χ1n) is 7.75. The smallest absolute Gasteiger partial charge is 0.127 e. The minimum Gasteiger partial charge on any atom is -0.457 e. The van der Waals surface area contributed by atoms with Gasteiger partial charge in [-0.3, -0.25) is 0 Å². The second-order valence-electron chi connectivity index (χ2n) is 6.06. The van der Waals surface area contributed by atoms with Gasteiger partial charge in [0.1, 0.15) is 11.5 Å². The van der Waals surface area contributed by atoms with Crippen molar-refractivity contribution in [2.75, 3.05) is 13.6 Å². The van der Waals surface area contributed by atoms with Crippen LogP contribution in [0.15, 0.2) is 54.6 Å². The molecule has 2 heteroatoms. The van der Waals surface area contributed by atoms with Crippen LogP contribution >= 0.6 is 0 Å². The van der Waals surface area contributed by atoms with E-state index in [4.69, 9.17) is 4.74 Å². The summed E-state index contributed by atoms with van der Waals surface area (Å²) in [4.78, 5) is 2.48. The van der Waals surface area contributed by atoms with Gasteiger partial charge in [0.25, 0.3) is 0 Å². The predicted octanol–water partition coefficient (Wildman–Crippen LogP) is 4.68. The summed E-state index contributed by atoms with van der Waals surface area (Å²) in [5, 5.41) is 0. The van der Waals surface area contributed by atoms with Crippen molar-refractivity contribution in [3.63, 3.8) is 0 Å². The third kappa shape index (κ3) is 3.85. The monoisotopic (exact) mass is 281 g/mol. The second-order valence-corrected chi connectivity index (χ2v) is 6.06.